The molecule has 1 aliphatic heterocycles. The van der Waals surface area contributed by atoms with Crippen LogP contribution in [-0.4, -0.2) is 12.9 Å². The first-order valence-corrected chi connectivity index (χ1v) is 4.89. The van der Waals surface area contributed by atoms with Crippen LogP contribution in [0.15, 0.2) is 17.0 Å². The van der Waals surface area contributed by atoms with Gasteiger partial charge in [-0.2, -0.15) is 0 Å². The van der Waals surface area contributed by atoms with Gasteiger partial charge in [0.25, 0.3) is 0 Å². The average Bonchev–Trinajstić information content (AvgIpc) is 2.49. The minimum absolute atomic E-state index is 0.749. The molecule has 1 aliphatic rings. The third-order valence-electron chi connectivity index (χ3n) is 2.04. The van der Waals surface area contributed by atoms with Gasteiger partial charge in [0.15, 0.2) is 0 Å². The Kier molecular flexibility index (Phi) is 1.89. The molecule has 12 heavy (non-hydrogen) atoms. The summed E-state index contributed by atoms with van der Waals surface area (Å²) < 4.78 is 5.13. The highest BCUT2D eigenvalue weighted by Gasteiger charge is 2.13. The minimum Gasteiger partial charge on any atom is -0.495 e. The fraction of sp³-hybridized carbons (Fsp3) is 0.333. The maximum atomic E-state index is 5.77. The summed E-state index contributed by atoms with van der Waals surface area (Å²) in [5.41, 5.74) is 7.88. The van der Waals surface area contributed by atoms with E-state index in [1.165, 1.54) is 16.2 Å². The van der Waals surface area contributed by atoms with Crippen molar-refractivity contribution in [2.75, 3.05) is 18.6 Å². The standard InChI is InChI=1S/C9H11NOS/c1-11-8-5-9-6(2-3-12-9)4-7(8)10/h4-5H,2-3,10H2,1H3. The van der Waals surface area contributed by atoms with Crippen LogP contribution in [0.4, 0.5) is 5.69 Å². The first-order valence-electron chi connectivity index (χ1n) is 3.90. The van der Waals surface area contributed by atoms with Crippen LogP contribution in [0.25, 0.3) is 0 Å². The highest BCUT2D eigenvalue weighted by Crippen LogP contribution is 2.37. The van der Waals surface area contributed by atoms with Crippen LogP contribution in [0, 0.1) is 0 Å². The van der Waals surface area contributed by atoms with Crippen LogP contribution in [0.5, 0.6) is 5.75 Å². The Labute approximate surface area is 76.1 Å². The number of nitrogens with two attached hydrogens (primary N) is 1. The lowest BCUT2D eigenvalue weighted by Crippen LogP contribution is -1.93. The smallest absolute Gasteiger partial charge is 0.142 e. The Morgan fingerprint density at radius 2 is 2.33 bits per heavy atom. The number of methoxy groups -OCH3 is 1. The molecule has 2 rings (SSSR count). The molecule has 0 saturated carbocycles. The fourth-order valence-electron chi connectivity index (χ4n) is 1.40. The van der Waals surface area contributed by atoms with Crippen molar-refractivity contribution in [2.24, 2.45) is 0 Å². The van der Waals surface area contributed by atoms with Gasteiger partial charge in [0, 0.05) is 10.6 Å². The van der Waals surface area contributed by atoms with Gasteiger partial charge in [-0.3, -0.25) is 0 Å². The molecular formula is C9H11NOS. The monoisotopic (exact) mass is 181 g/mol. The summed E-state index contributed by atoms with van der Waals surface area (Å²) >= 11 is 1.87. The van der Waals surface area contributed by atoms with Gasteiger partial charge in [-0.25, -0.2) is 0 Å². The molecule has 0 amide bonds. The average molecular weight is 181 g/mol. The molecule has 0 bridgehead atoms. The third-order valence-corrected chi connectivity index (χ3v) is 3.14. The van der Waals surface area contributed by atoms with Gasteiger partial charge in [0.1, 0.15) is 5.75 Å². The maximum absolute atomic E-state index is 5.77. The second kappa shape index (κ2) is 2.90. The molecule has 1 heterocycles. The van der Waals surface area contributed by atoms with Gasteiger partial charge in [-0.1, -0.05) is 0 Å². The molecule has 0 fully saturated rings. The van der Waals surface area contributed by atoms with E-state index >= 15 is 0 Å². The lowest BCUT2D eigenvalue weighted by atomic mass is 10.1. The van der Waals surface area contributed by atoms with Crippen LogP contribution >= 0.6 is 11.8 Å². The number of fused-ring (bicyclic) bond motifs is 1. The summed E-state index contributed by atoms with van der Waals surface area (Å²) in [6.45, 7) is 0. The van der Waals surface area contributed by atoms with Gasteiger partial charge >= 0.3 is 0 Å². The number of anilines is 1. The molecule has 0 aromatic heterocycles. The summed E-state index contributed by atoms with van der Waals surface area (Å²) in [6.07, 6.45) is 1.13. The zero-order chi connectivity index (χ0) is 8.55. The summed E-state index contributed by atoms with van der Waals surface area (Å²) in [6, 6.07) is 4.05. The molecule has 1 aromatic carbocycles. The van der Waals surface area contributed by atoms with Gasteiger partial charge < -0.3 is 10.5 Å². The molecular weight excluding hydrogens is 170 g/mol. The van der Waals surface area contributed by atoms with Crippen molar-refractivity contribution in [3.63, 3.8) is 0 Å². The maximum Gasteiger partial charge on any atom is 0.142 e. The van der Waals surface area contributed by atoms with Crippen LogP contribution in [0.2, 0.25) is 0 Å². The summed E-state index contributed by atoms with van der Waals surface area (Å²) in [5, 5.41) is 0. The normalized spacial score (nSPS) is 14.4. The van der Waals surface area contributed by atoms with Crippen molar-refractivity contribution in [3.8, 4) is 5.75 Å². The Morgan fingerprint density at radius 1 is 1.50 bits per heavy atom. The number of thioether (sulfide) groups is 1. The van der Waals surface area contributed by atoms with E-state index in [1.54, 1.807) is 7.11 Å². The van der Waals surface area contributed by atoms with E-state index < -0.39 is 0 Å². The minimum atomic E-state index is 0.749. The number of ether oxygens (including phenoxy) is 1. The van der Waals surface area contributed by atoms with E-state index in [9.17, 15) is 0 Å². The quantitative estimate of drug-likeness (QED) is 0.672. The van der Waals surface area contributed by atoms with Gasteiger partial charge in [0.2, 0.25) is 0 Å². The Balaban J connectivity index is 2.49. The van der Waals surface area contributed by atoms with E-state index in [-0.39, 0.29) is 0 Å². The number of hydrogen-bond donors (Lipinski definition) is 1. The van der Waals surface area contributed by atoms with Gasteiger partial charge in [0.05, 0.1) is 12.8 Å². The fourth-order valence-corrected chi connectivity index (χ4v) is 2.48. The van der Waals surface area contributed by atoms with E-state index in [0.29, 0.717) is 0 Å². The van der Waals surface area contributed by atoms with E-state index in [2.05, 4.69) is 0 Å². The van der Waals surface area contributed by atoms with Crippen LogP contribution in [-0.2, 0) is 6.42 Å². The molecule has 0 saturated heterocycles. The van der Waals surface area contributed by atoms with Crippen LogP contribution in [0.3, 0.4) is 0 Å². The SMILES string of the molecule is COc1cc2c(cc1N)CCS2. The highest BCUT2D eigenvalue weighted by molar-refractivity contribution is 7.99. The number of benzene rings is 1. The molecule has 64 valence electrons. The molecule has 2 N–H and O–H groups in total. The van der Waals surface area contributed by atoms with Crippen LogP contribution < -0.4 is 10.5 Å². The van der Waals surface area contributed by atoms with Crippen LogP contribution in [0.1, 0.15) is 5.56 Å². The van der Waals surface area contributed by atoms with Gasteiger partial charge in [-0.05, 0) is 24.1 Å². The number of aryl methyl sites for hydroxylation is 1. The molecule has 0 unspecified atom stereocenters. The topological polar surface area (TPSA) is 35.2 Å². The van der Waals surface area contributed by atoms with Gasteiger partial charge in [-0.15, -0.1) is 11.8 Å². The Hall–Kier alpha value is -0.830. The summed E-state index contributed by atoms with van der Waals surface area (Å²) in [7, 11) is 1.65. The van der Waals surface area contributed by atoms with Crippen molar-refractivity contribution in [2.45, 2.75) is 11.3 Å². The predicted octanol–water partition coefficient (Wildman–Crippen LogP) is 1.93. The molecule has 3 heteroatoms. The lowest BCUT2D eigenvalue weighted by molar-refractivity contribution is 0.416. The lowest BCUT2D eigenvalue weighted by Gasteiger charge is -2.06. The van der Waals surface area contributed by atoms with Crippen molar-refractivity contribution >= 4 is 17.4 Å². The largest absolute Gasteiger partial charge is 0.495 e. The van der Waals surface area contributed by atoms with E-state index in [1.807, 2.05) is 23.9 Å². The first-order chi connectivity index (χ1) is 5.81. The Bertz CT molecular complexity index is 311. The van der Waals surface area contributed by atoms with Crippen molar-refractivity contribution in [1.29, 1.82) is 0 Å². The molecule has 0 spiro atoms. The molecule has 0 aliphatic carbocycles. The van der Waals surface area contributed by atoms with Crippen molar-refractivity contribution < 1.29 is 4.74 Å². The zero-order valence-electron chi connectivity index (χ0n) is 6.96. The summed E-state index contributed by atoms with van der Waals surface area (Å²) in [4.78, 5) is 1.32. The second-order valence-electron chi connectivity index (χ2n) is 2.80. The molecule has 0 radical (unpaired) electrons. The molecule has 0 atom stereocenters. The Morgan fingerprint density at radius 3 is 3.08 bits per heavy atom. The second-order valence-corrected chi connectivity index (χ2v) is 3.94. The van der Waals surface area contributed by atoms with Crippen molar-refractivity contribution in [3.05, 3.63) is 17.7 Å². The highest BCUT2D eigenvalue weighted by atomic mass is 32.2. The summed E-state index contributed by atoms with van der Waals surface area (Å²) in [5.74, 6) is 1.96. The first kappa shape index (κ1) is 7.80. The number of nitrogen functional groups attached to an aromatic ring is 1. The van der Waals surface area contributed by atoms with E-state index in [4.69, 9.17) is 10.5 Å². The predicted molar refractivity (Wildman–Crippen MR) is 51.8 cm³/mol. The van der Waals surface area contributed by atoms with Crippen molar-refractivity contribution in [1.82, 2.24) is 0 Å². The number of rotatable bonds is 1. The zero-order valence-corrected chi connectivity index (χ0v) is 7.78. The molecule has 1 aromatic rings. The van der Waals surface area contributed by atoms with E-state index in [0.717, 1.165) is 17.9 Å². The molecule has 2 nitrogen and oxygen atoms in total. The third kappa shape index (κ3) is 1.14. The number of hydrogen-bond acceptors (Lipinski definition) is 3.